The van der Waals surface area contributed by atoms with Gasteiger partial charge in [-0.05, 0) is 24.0 Å². The number of aryl methyl sites for hydroxylation is 1. The van der Waals surface area contributed by atoms with Gasteiger partial charge in [0.25, 0.3) is 11.5 Å². The van der Waals surface area contributed by atoms with Crippen LogP contribution in [-0.4, -0.2) is 39.6 Å². The lowest BCUT2D eigenvalue weighted by molar-refractivity contribution is 0.0701. The van der Waals surface area contributed by atoms with Gasteiger partial charge >= 0.3 is 5.69 Å². The lowest BCUT2D eigenvalue weighted by Crippen LogP contribution is -2.43. The summed E-state index contributed by atoms with van der Waals surface area (Å²) in [6.45, 7) is 4.43. The Kier molecular flexibility index (Phi) is 5.50. The summed E-state index contributed by atoms with van der Waals surface area (Å²) in [6, 6.07) is 9.33. The van der Waals surface area contributed by atoms with Crippen LogP contribution < -0.4 is 16.6 Å². The van der Waals surface area contributed by atoms with E-state index in [1.165, 1.54) is 24.7 Å². The summed E-state index contributed by atoms with van der Waals surface area (Å²) >= 11 is 0. The molecule has 0 bridgehead atoms. The molecule has 1 aromatic carbocycles. The van der Waals surface area contributed by atoms with Crippen LogP contribution in [0.25, 0.3) is 0 Å². The van der Waals surface area contributed by atoms with Crippen LogP contribution in [0.1, 0.15) is 27.7 Å². The van der Waals surface area contributed by atoms with Crippen LogP contribution in [0.5, 0.6) is 0 Å². The maximum Gasteiger partial charge on any atom is 0.331 e. The van der Waals surface area contributed by atoms with Crippen molar-refractivity contribution in [2.24, 2.45) is 25.9 Å². The third-order valence-corrected chi connectivity index (χ3v) is 6.08. The molecule has 2 saturated heterocycles. The standard InChI is InChI=1S/C20H24N4O3.ClH/c1-12-6-4-5-7-14(12)18-15-10-21-9-13(15)11-24(18)19(26)16-8-17(25)23(3)20(27)22(16)2;/h4-8,13,15,18,21H,9-11H2,1-3H3;1H/t13-,15-,18-;/m0./s1. The summed E-state index contributed by atoms with van der Waals surface area (Å²) in [5.74, 6) is 0.454. The van der Waals surface area contributed by atoms with E-state index in [1.54, 1.807) is 0 Å². The second-order valence-corrected chi connectivity index (χ2v) is 7.61. The number of hydrogen-bond donors (Lipinski definition) is 1. The van der Waals surface area contributed by atoms with Crippen molar-refractivity contribution in [2.45, 2.75) is 13.0 Å². The predicted octanol–water partition coefficient (Wildman–Crippen LogP) is 0.847. The van der Waals surface area contributed by atoms with Crippen molar-refractivity contribution in [1.82, 2.24) is 19.4 Å². The fourth-order valence-corrected chi connectivity index (χ4v) is 4.53. The molecule has 1 aromatic heterocycles. The van der Waals surface area contributed by atoms with Crippen molar-refractivity contribution >= 4 is 18.3 Å². The van der Waals surface area contributed by atoms with Crippen LogP contribution in [0, 0.1) is 18.8 Å². The van der Waals surface area contributed by atoms with E-state index in [2.05, 4.69) is 24.4 Å². The van der Waals surface area contributed by atoms with Crippen molar-refractivity contribution in [1.29, 1.82) is 0 Å². The van der Waals surface area contributed by atoms with Crippen LogP contribution in [-0.2, 0) is 14.1 Å². The van der Waals surface area contributed by atoms with E-state index in [9.17, 15) is 14.4 Å². The molecule has 0 unspecified atom stereocenters. The van der Waals surface area contributed by atoms with Gasteiger partial charge < -0.3 is 10.2 Å². The summed E-state index contributed by atoms with van der Waals surface area (Å²) in [6.07, 6.45) is 0. The number of nitrogens with one attached hydrogen (secondary N) is 1. The third kappa shape index (κ3) is 3.08. The van der Waals surface area contributed by atoms with E-state index in [1.807, 2.05) is 17.0 Å². The molecule has 3 heterocycles. The van der Waals surface area contributed by atoms with Gasteiger partial charge in [0.15, 0.2) is 0 Å². The quantitative estimate of drug-likeness (QED) is 0.805. The monoisotopic (exact) mass is 404 g/mol. The number of aromatic nitrogens is 2. The zero-order chi connectivity index (χ0) is 19.3. The molecule has 2 fully saturated rings. The van der Waals surface area contributed by atoms with Gasteiger partial charge in [-0.1, -0.05) is 24.3 Å². The number of amides is 1. The van der Waals surface area contributed by atoms with Crippen LogP contribution in [0.3, 0.4) is 0 Å². The van der Waals surface area contributed by atoms with E-state index in [0.717, 1.165) is 28.8 Å². The molecule has 8 heteroatoms. The molecule has 2 aliphatic heterocycles. The molecule has 3 atom stereocenters. The van der Waals surface area contributed by atoms with Gasteiger partial charge in [-0.25, -0.2) is 4.79 Å². The highest BCUT2D eigenvalue weighted by molar-refractivity contribution is 5.93. The summed E-state index contributed by atoms with van der Waals surface area (Å²) in [7, 11) is 2.96. The van der Waals surface area contributed by atoms with Crippen molar-refractivity contribution in [3.63, 3.8) is 0 Å². The normalized spacial score (nSPS) is 23.4. The molecular weight excluding hydrogens is 380 g/mol. The lowest BCUT2D eigenvalue weighted by Gasteiger charge is -2.30. The van der Waals surface area contributed by atoms with Gasteiger partial charge in [0.1, 0.15) is 5.69 Å². The second kappa shape index (κ2) is 7.56. The molecule has 4 rings (SSSR count). The Morgan fingerprint density at radius 2 is 1.82 bits per heavy atom. The maximum atomic E-state index is 13.4. The van der Waals surface area contributed by atoms with Crippen LogP contribution in [0.15, 0.2) is 39.9 Å². The van der Waals surface area contributed by atoms with Gasteiger partial charge in [-0.3, -0.25) is 18.7 Å². The number of rotatable bonds is 2. The summed E-state index contributed by atoms with van der Waals surface area (Å²) in [5.41, 5.74) is 1.48. The van der Waals surface area contributed by atoms with Gasteiger partial charge in [-0.15, -0.1) is 12.4 Å². The van der Waals surface area contributed by atoms with Crippen LogP contribution in [0.2, 0.25) is 0 Å². The molecule has 0 aliphatic carbocycles. The van der Waals surface area contributed by atoms with E-state index < -0.39 is 11.2 Å². The van der Waals surface area contributed by atoms with Gasteiger partial charge in [0, 0.05) is 45.7 Å². The number of benzene rings is 1. The van der Waals surface area contributed by atoms with E-state index >= 15 is 0 Å². The van der Waals surface area contributed by atoms with Crippen molar-refractivity contribution in [2.75, 3.05) is 19.6 Å². The molecular formula is C20H25ClN4O3. The van der Waals surface area contributed by atoms with E-state index in [4.69, 9.17) is 0 Å². The molecule has 150 valence electrons. The highest BCUT2D eigenvalue weighted by Gasteiger charge is 2.47. The summed E-state index contributed by atoms with van der Waals surface area (Å²) in [4.78, 5) is 39.6. The molecule has 2 aromatic rings. The average molecular weight is 405 g/mol. The number of hydrogen-bond acceptors (Lipinski definition) is 4. The Labute approximate surface area is 169 Å². The second-order valence-electron chi connectivity index (χ2n) is 7.61. The molecule has 1 amide bonds. The Balaban J connectivity index is 0.00000225. The minimum atomic E-state index is -0.487. The van der Waals surface area contributed by atoms with Crippen molar-refractivity contribution in [3.05, 3.63) is 68.0 Å². The molecule has 0 saturated carbocycles. The fraction of sp³-hybridized carbons (Fsp3) is 0.450. The van der Waals surface area contributed by atoms with E-state index in [-0.39, 0.29) is 30.0 Å². The lowest BCUT2D eigenvalue weighted by atomic mass is 9.87. The molecule has 0 spiro atoms. The molecule has 28 heavy (non-hydrogen) atoms. The number of halogens is 1. The minimum Gasteiger partial charge on any atom is -0.330 e. The first-order chi connectivity index (χ1) is 12.9. The van der Waals surface area contributed by atoms with Crippen molar-refractivity contribution < 1.29 is 4.79 Å². The van der Waals surface area contributed by atoms with Gasteiger partial charge in [-0.2, -0.15) is 0 Å². The zero-order valence-corrected chi connectivity index (χ0v) is 17.0. The fourth-order valence-electron chi connectivity index (χ4n) is 4.53. The highest BCUT2D eigenvalue weighted by Crippen LogP contribution is 2.44. The maximum absolute atomic E-state index is 13.4. The minimum absolute atomic E-state index is 0. The predicted molar refractivity (Wildman–Crippen MR) is 109 cm³/mol. The topological polar surface area (TPSA) is 76.3 Å². The van der Waals surface area contributed by atoms with Crippen molar-refractivity contribution in [3.8, 4) is 0 Å². The number of nitrogens with zero attached hydrogens (tertiary/aromatic N) is 3. The van der Waals surface area contributed by atoms with Crippen LogP contribution in [0.4, 0.5) is 0 Å². The average Bonchev–Trinajstić information content (AvgIpc) is 3.24. The van der Waals surface area contributed by atoms with E-state index in [0.29, 0.717) is 18.4 Å². The zero-order valence-electron chi connectivity index (χ0n) is 16.2. The Hall–Kier alpha value is -2.38. The summed E-state index contributed by atoms with van der Waals surface area (Å²) < 4.78 is 2.28. The number of likely N-dealkylation sites (tertiary alicyclic amines) is 1. The first kappa shape index (κ1) is 20.4. The number of fused-ring (bicyclic) bond motifs is 1. The number of carbonyl (C=O) groups is 1. The molecule has 7 nitrogen and oxygen atoms in total. The molecule has 0 radical (unpaired) electrons. The Morgan fingerprint density at radius 1 is 1.11 bits per heavy atom. The van der Waals surface area contributed by atoms with Crippen LogP contribution >= 0.6 is 12.4 Å². The molecule has 2 aliphatic rings. The first-order valence-electron chi connectivity index (χ1n) is 9.24. The number of carbonyl (C=O) groups excluding carboxylic acids is 1. The van der Waals surface area contributed by atoms with Gasteiger partial charge in [0.2, 0.25) is 0 Å². The smallest absolute Gasteiger partial charge is 0.330 e. The SMILES string of the molecule is Cc1ccccc1[C@H]1[C@H]2CNC[C@H]2CN1C(=O)c1cc(=O)n(C)c(=O)n1C.Cl. The Bertz CT molecular complexity index is 1030. The largest absolute Gasteiger partial charge is 0.331 e. The Morgan fingerprint density at radius 3 is 2.54 bits per heavy atom. The summed E-state index contributed by atoms with van der Waals surface area (Å²) in [5, 5.41) is 3.43. The first-order valence-corrected chi connectivity index (χ1v) is 9.24. The third-order valence-electron chi connectivity index (χ3n) is 6.08. The molecule has 1 N–H and O–H groups in total. The highest BCUT2D eigenvalue weighted by atomic mass is 35.5. The van der Waals surface area contributed by atoms with Gasteiger partial charge in [0.05, 0.1) is 6.04 Å².